The van der Waals surface area contributed by atoms with E-state index in [0.29, 0.717) is 25.9 Å². The van der Waals surface area contributed by atoms with Crippen LogP contribution in [-0.4, -0.2) is 20.4 Å². The molecule has 1 aromatic carbocycles. The summed E-state index contributed by atoms with van der Waals surface area (Å²) in [6.45, 7) is 3.66. The van der Waals surface area contributed by atoms with Gasteiger partial charge in [0.05, 0.1) is 6.61 Å². The maximum Gasteiger partial charge on any atom is 0.231 e. The van der Waals surface area contributed by atoms with E-state index in [4.69, 9.17) is 19.9 Å². The lowest BCUT2D eigenvalue weighted by molar-refractivity contribution is 0.162. The van der Waals surface area contributed by atoms with E-state index in [9.17, 15) is 0 Å². The zero-order chi connectivity index (χ0) is 12.3. The van der Waals surface area contributed by atoms with Gasteiger partial charge < -0.3 is 19.9 Å². The van der Waals surface area contributed by atoms with Gasteiger partial charge >= 0.3 is 0 Å². The summed E-state index contributed by atoms with van der Waals surface area (Å²) in [5.74, 6) is 2.07. The van der Waals surface area contributed by atoms with E-state index in [0.717, 1.165) is 23.5 Å². The average molecular weight is 237 g/mol. The van der Waals surface area contributed by atoms with Crippen LogP contribution in [0.1, 0.15) is 30.4 Å². The van der Waals surface area contributed by atoms with Crippen LogP contribution in [0.3, 0.4) is 0 Å². The molecule has 0 aromatic heterocycles. The molecule has 0 fully saturated rings. The Morgan fingerprint density at radius 3 is 2.82 bits per heavy atom. The summed E-state index contributed by atoms with van der Waals surface area (Å²) >= 11 is 0. The minimum absolute atomic E-state index is 0.290. The molecule has 1 aliphatic heterocycles. The molecule has 4 heteroatoms. The quantitative estimate of drug-likeness (QED) is 0.851. The number of nitrogens with two attached hydrogens (primary N) is 1. The van der Waals surface area contributed by atoms with Crippen LogP contribution >= 0.6 is 0 Å². The number of methoxy groups -OCH3 is 1. The summed E-state index contributed by atoms with van der Waals surface area (Å²) in [6.07, 6.45) is 0.944. The van der Waals surface area contributed by atoms with Crippen molar-refractivity contribution in [2.75, 3.05) is 20.4 Å². The first-order valence-electron chi connectivity index (χ1n) is 5.88. The Bertz CT molecular complexity index is 392. The van der Waals surface area contributed by atoms with Crippen LogP contribution in [0.4, 0.5) is 0 Å². The first kappa shape index (κ1) is 12.2. The highest BCUT2D eigenvalue weighted by Gasteiger charge is 2.23. The molecule has 17 heavy (non-hydrogen) atoms. The summed E-state index contributed by atoms with van der Waals surface area (Å²) in [6, 6.07) is 4.13. The summed E-state index contributed by atoms with van der Waals surface area (Å²) in [4.78, 5) is 0. The van der Waals surface area contributed by atoms with Crippen LogP contribution in [-0.2, 0) is 11.3 Å². The minimum Gasteiger partial charge on any atom is -0.453 e. The van der Waals surface area contributed by atoms with Gasteiger partial charge in [0, 0.05) is 18.2 Å². The first-order chi connectivity index (χ1) is 8.27. The van der Waals surface area contributed by atoms with E-state index in [1.807, 2.05) is 6.07 Å². The molecular formula is C13H19NO3. The van der Waals surface area contributed by atoms with E-state index in [2.05, 4.69) is 13.0 Å². The lowest BCUT2D eigenvalue weighted by Gasteiger charge is -2.14. The molecule has 0 saturated heterocycles. The van der Waals surface area contributed by atoms with E-state index < -0.39 is 0 Å². The number of fused-ring (bicyclic) bond motifs is 1. The molecule has 1 aliphatic rings. The molecule has 0 spiro atoms. The predicted octanol–water partition coefficient (Wildman–Crippen LogP) is 2.01. The van der Waals surface area contributed by atoms with Gasteiger partial charge in [-0.1, -0.05) is 19.1 Å². The van der Waals surface area contributed by atoms with E-state index in [-0.39, 0.29) is 0 Å². The molecule has 0 bridgehead atoms. The van der Waals surface area contributed by atoms with Gasteiger partial charge in [-0.05, 0) is 18.9 Å². The zero-order valence-electron chi connectivity index (χ0n) is 10.4. The zero-order valence-corrected chi connectivity index (χ0v) is 10.4. The van der Waals surface area contributed by atoms with Gasteiger partial charge in [-0.3, -0.25) is 0 Å². The Balaban J connectivity index is 2.33. The second-order valence-corrected chi connectivity index (χ2v) is 4.29. The van der Waals surface area contributed by atoms with Crippen LogP contribution in [0.2, 0.25) is 0 Å². The van der Waals surface area contributed by atoms with E-state index >= 15 is 0 Å². The van der Waals surface area contributed by atoms with Gasteiger partial charge in [0.25, 0.3) is 0 Å². The van der Waals surface area contributed by atoms with Crippen LogP contribution < -0.4 is 15.2 Å². The van der Waals surface area contributed by atoms with Crippen LogP contribution in [0.15, 0.2) is 12.1 Å². The minimum atomic E-state index is 0.290. The lowest BCUT2D eigenvalue weighted by Crippen LogP contribution is -2.05. The number of benzene rings is 1. The van der Waals surface area contributed by atoms with E-state index in [1.54, 1.807) is 7.11 Å². The Labute approximate surface area is 102 Å². The van der Waals surface area contributed by atoms with Gasteiger partial charge in [-0.2, -0.15) is 0 Å². The van der Waals surface area contributed by atoms with Gasteiger partial charge in [0.1, 0.15) is 0 Å². The summed E-state index contributed by atoms with van der Waals surface area (Å²) in [5, 5.41) is 0. The van der Waals surface area contributed by atoms with Crippen molar-refractivity contribution < 1.29 is 14.2 Å². The molecule has 0 aliphatic carbocycles. The fourth-order valence-electron chi connectivity index (χ4n) is 2.14. The van der Waals surface area contributed by atoms with Crippen molar-refractivity contribution in [2.45, 2.75) is 25.9 Å². The van der Waals surface area contributed by atoms with Gasteiger partial charge in [0.2, 0.25) is 6.79 Å². The maximum atomic E-state index is 5.60. The van der Waals surface area contributed by atoms with Crippen LogP contribution in [0.5, 0.6) is 11.5 Å². The van der Waals surface area contributed by atoms with Crippen molar-refractivity contribution in [2.24, 2.45) is 5.73 Å². The number of ether oxygens (including phenoxy) is 3. The Morgan fingerprint density at radius 1 is 1.35 bits per heavy atom. The fraction of sp³-hybridized carbons (Fsp3) is 0.538. The monoisotopic (exact) mass is 237 g/mol. The lowest BCUT2D eigenvalue weighted by atomic mass is 9.95. The Hall–Kier alpha value is -1.26. The molecule has 0 radical (unpaired) electrons. The molecule has 1 heterocycles. The molecule has 94 valence electrons. The summed E-state index contributed by atoms with van der Waals surface area (Å²) in [7, 11) is 1.67. The molecule has 0 saturated carbocycles. The standard InChI is InChI=1S/C13H19NO3/c1-9(5-6-14)11-4-3-10(7-15-2)12-13(11)17-8-16-12/h3-4,9H,5-8,14H2,1-2H3. The highest BCUT2D eigenvalue weighted by molar-refractivity contribution is 5.54. The van der Waals surface area contributed by atoms with E-state index in [1.165, 1.54) is 5.56 Å². The first-order valence-corrected chi connectivity index (χ1v) is 5.88. The van der Waals surface area contributed by atoms with Crippen LogP contribution in [0, 0.1) is 0 Å². The molecule has 2 rings (SSSR count). The molecule has 2 N–H and O–H groups in total. The highest BCUT2D eigenvalue weighted by atomic mass is 16.7. The smallest absolute Gasteiger partial charge is 0.231 e. The van der Waals surface area contributed by atoms with Crippen molar-refractivity contribution in [3.8, 4) is 11.5 Å². The third kappa shape index (κ3) is 2.37. The molecule has 4 nitrogen and oxygen atoms in total. The predicted molar refractivity (Wildman–Crippen MR) is 65.4 cm³/mol. The number of rotatable bonds is 5. The molecule has 1 atom stereocenters. The van der Waals surface area contributed by atoms with Gasteiger partial charge in [-0.25, -0.2) is 0 Å². The maximum absolute atomic E-state index is 5.60. The van der Waals surface area contributed by atoms with Gasteiger partial charge in [-0.15, -0.1) is 0 Å². The Morgan fingerprint density at radius 2 is 2.12 bits per heavy atom. The number of hydrogen-bond acceptors (Lipinski definition) is 4. The summed E-state index contributed by atoms with van der Waals surface area (Å²) < 4.78 is 16.2. The molecular weight excluding hydrogens is 218 g/mol. The molecule has 1 aromatic rings. The second-order valence-electron chi connectivity index (χ2n) is 4.29. The third-order valence-electron chi connectivity index (χ3n) is 3.06. The third-order valence-corrected chi connectivity index (χ3v) is 3.06. The van der Waals surface area contributed by atoms with Gasteiger partial charge in [0.15, 0.2) is 11.5 Å². The molecule has 0 amide bonds. The van der Waals surface area contributed by atoms with Crippen molar-refractivity contribution in [1.82, 2.24) is 0 Å². The van der Waals surface area contributed by atoms with Crippen molar-refractivity contribution in [1.29, 1.82) is 0 Å². The van der Waals surface area contributed by atoms with Crippen molar-refractivity contribution in [3.05, 3.63) is 23.3 Å². The fourth-order valence-corrected chi connectivity index (χ4v) is 2.14. The second kappa shape index (κ2) is 5.38. The Kier molecular flexibility index (Phi) is 3.86. The highest BCUT2D eigenvalue weighted by Crippen LogP contribution is 2.42. The summed E-state index contributed by atoms with van der Waals surface area (Å²) in [5.41, 5.74) is 7.80. The van der Waals surface area contributed by atoms with Crippen molar-refractivity contribution >= 4 is 0 Å². The van der Waals surface area contributed by atoms with Crippen LogP contribution in [0.25, 0.3) is 0 Å². The number of hydrogen-bond donors (Lipinski definition) is 1. The molecule has 1 unspecified atom stereocenters. The largest absolute Gasteiger partial charge is 0.453 e. The van der Waals surface area contributed by atoms with Crippen molar-refractivity contribution in [3.63, 3.8) is 0 Å². The average Bonchev–Trinajstić information content (AvgIpc) is 2.79. The normalized spacial score (nSPS) is 15.0. The topological polar surface area (TPSA) is 53.7 Å². The SMILES string of the molecule is COCc1ccc(C(C)CCN)c2c1OCO2.